The van der Waals surface area contributed by atoms with Gasteiger partial charge in [-0.1, -0.05) is 35.4 Å². The van der Waals surface area contributed by atoms with Gasteiger partial charge in [-0.3, -0.25) is 10.1 Å². The zero-order valence-corrected chi connectivity index (χ0v) is 15.1. The Labute approximate surface area is 165 Å². The summed E-state index contributed by atoms with van der Waals surface area (Å²) in [6.45, 7) is 0.00120. The highest BCUT2D eigenvalue weighted by Crippen LogP contribution is 2.35. The van der Waals surface area contributed by atoms with Gasteiger partial charge in [-0.2, -0.15) is 0 Å². The molecule has 2 heterocycles. The predicted octanol–water partition coefficient (Wildman–Crippen LogP) is 3.64. The molecular weight excluding hydrogens is 374 g/mol. The number of amides is 1. The van der Waals surface area contributed by atoms with E-state index in [-0.39, 0.29) is 25.3 Å². The van der Waals surface area contributed by atoms with Crippen LogP contribution in [0.3, 0.4) is 0 Å². The van der Waals surface area contributed by atoms with Crippen molar-refractivity contribution in [2.75, 3.05) is 18.7 Å². The molecule has 1 aliphatic rings. The van der Waals surface area contributed by atoms with E-state index >= 15 is 0 Å². The van der Waals surface area contributed by atoms with Crippen molar-refractivity contribution in [3.8, 4) is 28.7 Å². The number of fused-ring (bicyclic) bond motifs is 2. The molecule has 0 radical (unpaired) electrons. The van der Waals surface area contributed by atoms with Gasteiger partial charge in [-0.15, -0.1) is 5.10 Å². The fraction of sp³-hybridized carbons (Fsp3) is 0.0952. The first-order valence-corrected chi connectivity index (χ1v) is 8.89. The average molecular weight is 389 g/mol. The molecule has 8 heteroatoms. The molecule has 4 aromatic rings. The molecule has 0 saturated heterocycles. The molecule has 5 rings (SSSR count). The number of carbonyl (C=O) groups excluding carboxylic acids is 1. The standard InChI is InChI=1S/C21H15N3O5/c25-19(11-26-16-7-5-13-3-1-2-4-14(13)9-16)22-21-24-23-20(29-21)15-6-8-17-18(10-15)28-12-27-17/h1-10H,11-12H2,(H,22,24,25). The number of aromatic nitrogens is 2. The second-order valence-corrected chi connectivity index (χ2v) is 6.33. The van der Waals surface area contributed by atoms with Gasteiger partial charge in [0.25, 0.3) is 5.91 Å². The third-order valence-corrected chi connectivity index (χ3v) is 4.38. The molecule has 0 aliphatic carbocycles. The number of nitrogens with one attached hydrogen (secondary N) is 1. The van der Waals surface area contributed by atoms with Crippen LogP contribution >= 0.6 is 0 Å². The largest absolute Gasteiger partial charge is 0.484 e. The lowest BCUT2D eigenvalue weighted by Gasteiger charge is -2.06. The van der Waals surface area contributed by atoms with Crippen molar-refractivity contribution in [1.82, 2.24) is 10.2 Å². The Bertz CT molecular complexity index is 1200. The van der Waals surface area contributed by atoms with Crippen LogP contribution in [0.1, 0.15) is 0 Å². The van der Waals surface area contributed by atoms with E-state index in [2.05, 4.69) is 15.5 Å². The van der Waals surface area contributed by atoms with Gasteiger partial charge >= 0.3 is 6.01 Å². The first-order valence-electron chi connectivity index (χ1n) is 8.89. The summed E-state index contributed by atoms with van der Waals surface area (Å²) in [5, 5.41) is 12.5. The Morgan fingerprint density at radius 1 is 0.966 bits per heavy atom. The molecule has 0 spiro atoms. The SMILES string of the molecule is O=C(COc1ccc2ccccc2c1)Nc1nnc(-c2ccc3c(c2)OCO3)o1. The lowest BCUT2D eigenvalue weighted by molar-refractivity contribution is -0.118. The summed E-state index contributed by atoms with van der Waals surface area (Å²) in [4.78, 5) is 12.1. The van der Waals surface area contributed by atoms with Gasteiger partial charge in [0.05, 0.1) is 0 Å². The van der Waals surface area contributed by atoms with Crippen LogP contribution in [0.2, 0.25) is 0 Å². The first-order chi connectivity index (χ1) is 14.2. The number of rotatable bonds is 5. The Morgan fingerprint density at radius 3 is 2.76 bits per heavy atom. The monoisotopic (exact) mass is 389 g/mol. The number of hydrogen-bond donors (Lipinski definition) is 1. The number of anilines is 1. The summed E-state index contributed by atoms with van der Waals surface area (Å²) >= 11 is 0. The van der Waals surface area contributed by atoms with Crippen LogP contribution in [0.15, 0.2) is 65.1 Å². The molecule has 1 amide bonds. The van der Waals surface area contributed by atoms with Gasteiger partial charge in [0.15, 0.2) is 18.1 Å². The van der Waals surface area contributed by atoms with E-state index in [1.54, 1.807) is 18.2 Å². The van der Waals surface area contributed by atoms with Crippen LogP contribution in [-0.4, -0.2) is 29.5 Å². The maximum absolute atomic E-state index is 12.1. The van der Waals surface area contributed by atoms with Gasteiger partial charge in [-0.25, -0.2) is 0 Å². The maximum atomic E-state index is 12.1. The number of carbonyl (C=O) groups is 1. The normalized spacial score (nSPS) is 12.1. The summed E-state index contributed by atoms with van der Waals surface area (Å²) < 4.78 is 21.7. The Hall–Kier alpha value is -4.07. The van der Waals surface area contributed by atoms with E-state index in [4.69, 9.17) is 18.6 Å². The molecular formula is C21H15N3O5. The minimum atomic E-state index is -0.404. The molecule has 1 aliphatic heterocycles. The summed E-state index contributed by atoms with van der Waals surface area (Å²) in [6.07, 6.45) is 0. The average Bonchev–Trinajstić information content (AvgIpc) is 3.41. The molecule has 29 heavy (non-hydrogen) atoms. The Morgan fingerprint density at radius 2 is 1.83 bits per heavy atom. The summed E-state index contributed by atoms with van der Waals surface area (Å²) in [6, 6.07) is 18.8. The number of hydrogen-bond acceptors (Lipinski definition) is 7. The van der Waals surface area contributed by atoms with E-state index < -0.39 is 5.91 Å². The van der Waals surface area contributed by atoms with Crippen LogP contribution < -0.4 is 19.5 Å². The maximum Gasteiger partial charge on any atom is 0.322 e. The number of nitrogens with zero attached hydrogens (tertiary/aromatic N) is 2. The zero-order valence-electron chi connectivity index (χ0n) is 15.1. The number of benzene rings is 3. The van der Waals surface area contributed by atoms with Crippen LogP contribution in [-0.2, 0) is 4.79 Å². The molecule has 1 N–H and O–H groups in total. The lowest BCUT2D eigenvalue weighted by Crippen LogP contribution is -2.20. The molecule has 1 aromatic heterocycles. The first kappa shape index (κ1) is 17.1. The quantitative estimate of drug-likeness (QED) is 0.557. The topological polar surface area (TPSA) is 95.7 Å². The van der Waals surface area contributed by atoms with Crippen molar-refractivity contribution in [2.24, 2.45) is 0 Å². The van der Waals surface area contributed by atoms with Crippen molar-refractivity contribution >= 4 is 22.7 Å². The summed E-state index contributed by atoms with van der Waals surface area (Å²) in [5.41, 5.74) is 0.662. The van der Waals surface area contributed by atoms with Crippen LogP contribution in [0, 0.1) is 0 Å². The van der Waals surface area contributed by atoms with Gasteiger partial charge in [0.2, 0.25) is 12.7 Å². The molecule has 0 fully saturated rings. The van der Waals surface area contributed by atoms with Gasteiger partial charge in [-0.05, 0) is 41.1 Å². The Kier molecular flexibility index (Phi) is 4.21. The van der Waals surface area contributed by atoms with Crippen molar-refractivity contribution < 1.29 is 23.4 Å². The smallest absolute Gasteiger partial charge is 0.322 e. The van der Waals surface area contributed by atoms with Gasteiger partial charge in [0.1, 0.15) is 5.75 Å². The second-order valence-electron chi connectivity index (χ2n) is 6.33. The summed E-state index contributed by atoms with van der Waals surface area (Å²) in [7, 11) is 0. The predicted molar refractivity (Wildman–Crippen MR) is 104 cm³/mol. The molecule has 144 valence electrons. The van der Waals surface area contributed by atoms with E-state index in [1.165, 1.54) is 0 Å². The van der Waals surface area contributed by atoms with Crippen LogP contribution in [0.5, 0.6) is 17.2 Å². The molecule has 0 saturated carbocycles. The van der Waals surface area contributed by atoms with Crippen molar-refractivity contribution in [3.05, 3.63) is 60.7 Å². The number of ether oxygens (including phenoxy) is 3. The molecule has 3 aromatic carbocycles. The van der Waals surface area contributed by atoms with Crippen molar-refractivity contribution in [1.29, 1.82) is 0 Å². The lowest BCUT2D eigenvalue weighted by atomic mass is 10.1. The Balaban J connectivity index is 1.22. The van der Waals surface area contributed by atoms with E-state index in [1.807, 2.05) is 42.5 Å². The van der Waals surface area contributed by atoms with E-state index in [0.717, 1.165) is 10.8 Å². The minimum Gasteiger partial charge on any atom is -0.484 e. The van der Waals surface area contributed by atoms with Crippen molar-refractivity contribution in [3.63, 3.8) is 0 Å². The zero-order chi connectivity index (χ0) is 19.6. The third kappa shape index (κ3) is 3.55. The van der Waals surface area contributed by atoms with Gasteiger partial charge < -0.3 is 18.6 Å². The highest BCUT2D eigenvalue weighted by Gasteiger charge is 2.17. The van der Waals surface area contributed by atoms with Crippen LogP contribution in [0.25, 0.3) is 22.2 Å². The highest BCUT2D eigenvalue weighted by molar-refractivity contribution is 5.90. The fourth-order valence-corrected chi connectivity index (χ4v) is 2.98. The highest BCUT2D eigenvalue weighted by atomic mass is 16.7. The van der Waals surface area contributed by atoms with Crippen LogP contribution in [0.4, 0.5) is 6.01 Å². The van der Waals surface area contributed by atoms with Crippen molar-refractivity contribution in [2.45, 2.75) is 0 Å². The van der Waals surface area contributed by atoms with E-state index in [9.17, 15) is 4.79 Å². The molecule has 0 bridgehead atoms. The second kappa shape index (κ2) is 7.16. The fourth-order valence-electron chi connectivity index (χ4n) is 2.98. The van der Waals surface area contributed by atoms with E-state index in [0.29, 0.717) is 22.8 Å². The molecule has 0 unspecified atom stereocenters. The third-order valence-electron chi connectivity index (χ3n) is 4.38. The summed E-state index contributed by atoms with van der Waals surface area (Å²) in [5.74, 6) is 1.72. The molecule has 0 atom stereocenters. The molecule has 8 nitrogen and oxygen atoms in total. The minimum absolute atomic E-state index is 0.00946. The van der Waals surface area contributed by atoms with Gasteiger partial charge in [0, 0.05) is 5.56 Å².